The zero-order chi connectivity index (χ0) is 12.0. The van der Waals surface area contributed by atoms with Crippen molar-refractivity contribution in [2.45, 2.75) is 24.2 Å². The molecule has 0 heterocycles. The Balaban J connectivity index is 2.56. The molecule has 5 heteroatoms. The second-order valence-corrected chi connectivity index (χ2v) is 4.96. The molecule has 0 aliphatic rings. The molecule has 1 rings (SSSR count). The second-order valence-electron chi connectivity index (χ2n) is 3.39. The number of halogens is 1. The van der Waals surface area contributed by atoms with E-state index >= 15 is 0 Å². The lowest BCUT2D eigenvalue weighted by atomic mass is 10.3. The molecule has 0 saturated heterocycles. The summed E-state index contributed by atoms with van der Waals surface area (Å²) in [4.78, 5) is 0.412. The summed E-state index contributed by atoms with van der Waals surface area (Å²) in [6.45, 7) is 0. The van der Waals surface area contributed by atoms with Gasteiger partial charge in [-0.25, -0.2) is 4.39 Å². The summed E-state index contributed by atoms with van der Waals surface area (Å²) >= 11 is 0. The predicted octanol–water partition coefficient (Wildman–Crippen LogP) is 2.21. The summed E-state index contributed by atoms with van der Waals surface area (Å²) in [5.41, 5.74) is 5.73. The highest BCUT2D eigenvalue weighted by molar-refractivity contribution is 7.85. The SMILES string of the molecule is N#CCCCCS(=O)c1cc(N)cc(F)c1. The summed E-state index contributed by atoms with van der Waals surface area (Å²) in [6, 6.07) is 5.96. The molecule has 0 saturated carbocycles. The van der Waals surface area contributed by atoms with Crippen molar-refractivity contribution in [3.8, 4) is 6.07 Å². The van der Waals surface area contributed by atoms with Gasteiger partial charge in [0.05, 0.1) is 16.9 Å². The Morgan fingerprint density at radius 2 is 2.12 bits per heavy atom. The molecule has 1 unspecified atom stereocenters. The molecule has 2 N–H and O–H groups in total. The number of anilines is 1. The van der Waals surface area contributed by atoms with Gasteiger partial charge in [0.25, 0.3) is 0 Å². The molecular formula is C11H13FN2OS. The van der Waals surface area contributed by atoms with Crippen molar-refractivity contribution in [2.24, 2.45) is 0 Å². The maximum atomic E-state index is 13.0. The fraction of sp³-hybridized carbons (Fsp3) is 0.364. The molecule has 0 aliphatic heterocycles. The Kier molecular flexibility index (Phi) is 4.93. The van der Waals surface area contributed by atoms with Crippen molar-refractivity contribution in [1.29, 1.82) is 5.26 Å². The lowest BCUT2D eigenvalue weighted by Crippen LogP contribution is -2.00. The van der Waals surface area contributed by atoms with E-state index in [9.17, 15) is 8.60 Å². The number of nitrogens with two attached hydrogens (primary N) is 1. The van der Waals surface area contributed by atoms with E-state index in [0.717, 1.165) is 0 Å². The number of rotatable bonds is 5. The highest BCUT2D eigenvalue weighted by Crippen LogP contribution is 2.15. The lowest BCUT2D eigenvalue weighted by Gasteiger charge is -2.03. The Labute approximate surface area is 96.5 Å². The largest absolute Gasteiger partial charge is 0.399 e. The van der Waals surface area contributed by atoms with E-state index in [1.165, 1.54) is 18.2 Å². The Bertz CT molecular complexity index is 408. The van der Waals surface area contributed by atoms with Crippen LogP contribution in [0.25, 0.3) is 0 Å². The third-order valence-electron chi connectivity index (χ3n) is 2.02. The molecule has 0 amide bonds. The summed E-state index contributed by atoms with van der Waals surface area (Å²) in [5.74, 6) is -0.0368. The third kappa shape index (κ3) is 3.99. The zero-order valence-electron chi connectivity index (χ0n) is 8.78. The van der Waals surface area contributed by atoms with Gasteiger partial charge in [-0.05, 0) is 31.0 Å². The number of nitriles is 1. The second kappa shape index (κ2) is 6.23. The minimum Gasteiger partial charge on any atom is -0.399 e. The molecule has 16 heavy (non-hydrogen) atoms. The highest BCUT2D eigenvalue weighted by Gasteiger charge is 2.06. The van der Waals surface area contributed by atoms with Crippen molar-refractivity contribution in [2.75, 3.05) is 11.5 Å². The van der Waals surface area contributed by atoms with Crippen LogP contribution in [0.3, 0.4) is 0 Å². The summed E-state index contributed by atoms with van der Waals surface area (Å²) < 4.78 is 24.7. The Morgan fingerprint density at radius 1 is 1.38 bits per heavy atom. The van der Waals surface area contributed by atoms with Crippen LogP contribution in [0.4, 0.5) is 10.1 Å². The molecule has 0 bridgehead atoms. The van der Waals surface area contributed by atoms with Crippen molar-refractivity contribution >= 4 is 16.5 Å². The quantitative estimate of drug-likeness (QED) is 0.633. The van der Waals surface area contributed by atoms with Crippen LogP contribution in [0, 0.1) is 17.1 Å². The summed E-state index contributed by atoms with van der Waals surface area (Å²) in [6.07, 6.45) is 1.87. The minimum atomic E-state index is -1.24. The zero-order valence-corrected chi connectivity index (χ0v) is 9.60. The van der Waals surface area contributed by atoms with Crippen LogP contribution in [0.15, 0.2) is 23.1 Å². The monoisotopic (exact) mass is 240 g/mol. The maximum absolute atomic E-state index is 13.0. The van der Waals surface area contributed by atoms with Gasteiger partial charge in [-0.2, -0.15) is 5.26 Å². The van der Waals surface area contributed by atoms with Crippen LogP contribution < -0.4 is 5.73 Å². The van der Waals surface area contributed by atoms with Crippen LogP contribution in [0.5, 0.6) is 0 Å². The molecule has 1 aromatic rings. The van der Waals surface area contributed by atoms with E-state index in [1.54, 1.807) is 0 Å². The number of hydrogen-bond acceptors (Lipinski definition) is 3. The summed E-state index contributed by atoms with van der Waals surface area (Å²) in [5, 5.41) is 8.33. The lowest BCUT2D eigenvalue weighted by molar-refractivity contribution is 0.623. The van der Waals surface area contributed by atoms with Gasteiger partial charge in [-0.3, -0.25) is 4.21 Å². The van der Waals surface area contributed by atoms with E-state index in [-0.39, 0.29) is 5.69 Å². The van der Waals surface area contributed by atoms with E-state index in [4.69, 9.17) is 11.0 Å². The Hall–Kier alpha value is -1.41. The predicted molar refractivity (Wildman–Crippen MR) is 61.6 cm³/mol. The molecular weight excluding hydrogens is 227 g/mol. The van der Waals surface area contributed by atoms with Crippen molar-refractivity contribution in [3.05, 3.63) is 24.0 Å². The highest BCUT2D eigenvalue weighted by atomic mass is 32.2. The standard InChI is InChI=1S/C11H13FN2OS/c12-9-6-10(14)8-11(7-9)16(15)5-3-1-2-4-13/h6-8H,1-3,5,14H2. The van der Waals surface area contributed by atoms with Gasteiger partial charge in [0.2, 0.25) is 0 Å². The number of unbranched alkanes of at least 4 members (excludes halogenated alkanes) is 2. The van der Waals surface area contributed by atoms with Crippen LogP contribution in [-0.2, 0) is 10.8 Å². The van der Waals surface area contributed by atoms with Gasteiger partial charge < -0.3 is 5.73 Å². The Morgan fingerprint density at radius 3 is 2.75 bits per heavy atom. The van der Waals surface area contributed by atoms with E-state index in [2.05, 4.69) is 0 Å². The molecule has 0 aliphatic carbocycles. The topological polar surface area (TPSA) is 66.9 Å². The van der Waals surface area contributed by atoms with Gasteiger partial charge in [0.15, 0.2) is 0 Å². The molecule has 1 atom stereocenters. The molecule has 0 spiro atoms. The molecule has 0 aromatic heterocycles. The van der Waals surface area contributed by atoms with Crippen LogP contribution in [-0.4, -0.2) is 9.96 Å². The van der Waals surface area contributed by atoms with Gasteiger partial charge >= 0.3 is 0 Å². The molecule has 1 aromatic carbocycles. The first kappa shape index (κ1) is 12.7. The smallest absolute Gasteiger partial charge is 0.126 e. The van der Waals surface area contributed by atoms with Crippen LogP contribution in [0.2, 0.25) is 0 Å². The number of nitrogen functional groups attached to an aromatic ring is 1. The minimum absolute atomic E-state index is 0.278. The summed E-state index contributed by atoms with van der Waals surface area (Å²) in [7, 11) is -1.24. The van der Waals surface area contributed by atoms with Gasteiger partial charge in [-0.15, -0.1) is 0 Å². The van der Waals surface area contributed by atoms with Crippen molar-refractivity contribution in [1.82, 2.24) is 0 Å². The van der Waals surface area contributed by atoms with Crippen molar-refractivity contribution in [3.63, 3.8) is 0 Å². The van der Waals surface area contributed by atoms with E-state index in [0.29, 0.717) is 29.9 Å². The van der Waals surface area contributed by atoms with Crippen LogP contribution in [0.1, 0.15) is 19.3 Å². The number of benzene rings is 1. The first-order valence-electron chi connectivity index (χ1n) is 4.95. The van der Waals surface area contributed by atoms with E-state index in [1.807, 2.05) is 6.07 Å². The molecule has 0 fully saturated rings. The van der Waals surface area contributed by atoms with E-state index < -0.39 is 16.6 Å². The third-order valence-corrected chi connectivity index (χ3v) is 3.45. The van der Waals surface area contributed by atoms with Crippen molar-refractivity contribution < 1.29 is 8.60 Å². The van der Waals surface area contributed by atoms with Gasteiger partial charge in [-0.1, -0.05) is 0 Å². The fourth-order valence-electron chi connectivity index (χ4n) is 1.27. The number of nitrogens with zero attached hydrogens (tertiary/aromatic N) is 1. The maximum Gasteiger partial charge on any atom is 0.126 e. The normalized spacial score (nSPS) is 12.0. The first-order valence-corrected chi connectivity index (χ1v) is 6.27. The first-order chi connectivity index (χ1) is 7.63. The fourth-order valence-corrected chi connectivity index (χ4v) is 2.48. The average Bonchev–Trinajstić information content (AvgIpc) is 2.22. The molecule has 86 valence electrons. The molecule has 3 nitrogen and oxygen atoms in total. The van der Waals surface area contributed by atoms with Crippen LogP contribution >= 0.6 is 0 Å². The van der Waals surface area contributed by atoms with Gasteiger partial charge in [0.1, 0.15) is 5.82 Å². The van der Waals surface area contributed by atoms with Gasteiger partial charge in [0, 0.05) is 22.8 Å². The average molecular weight is 240 g/mol. The number of hydrogen-bond donors (Lipinski definition) is 1. The molecule has 0 radical (unpaired) electrons.